The van der Waals surface area contributed by atoms with Gasteiger partial charge in [0, 0.05) is 5.75 Å². The molecular weight excluding hydrogens is 148 g/mol. The Labute approximate surface area is 65.3 Å². The number of rotatable bonds is 4. The van der Waals surface area contributed by atoms with Gasteiger partial charge in [-0.2, -0.15) is 11.8 Å². The van der Waals surface area contributed by atoms with Gasteiger partial charge in [-0.05, 0) is 13.2 Å². The van der Waals surface area contributed by atoms with Crippen molar-refractivity contribution < 1.29 is 9.90 Å². The molecule has 0 bridgehead atoms. The van der Waals surface area contributed by atoms with Crippen LogP contribution < -0.4 is 0 Å². The van der Waals surface area contributed by atoms with Crippen LogP contribution >= 0.6 is 11.8 Å². The topological polar surface area (TPSA) is 37.3 Å². The minimum atomic E-state index is -0.763. The van der Waals surface area contributed by atoms with Crippen molar-refractivity contribution in [1.29, 1.82) is 0 Å². The standard InChI is InChI=1S/C7H12O2S/c1-6(5-10-2)3-4-7(8)9/h3H,4-5H2,1-2H3,(H,8,9)/b6-3+. The molecule has 0 aromatic heterocycles. The molecule has 0 aromatic carbocycles. The van der Waals surface area contributed by atoms with E-state index in [1.165, 1.54) is 0 Å². The van der Waals surface area contributed by atoms with Gasteiger partial charge in [-0.1, -0.05) is 11.6 Å². The van der Waals surface area contributed by atoms with E-state index in [1.54, 1.807) is 17.8 Å². The van der Waals surface area contributed by atoms with Crippen LogP contribution in [0.1, 0.15) is 13.3 Å². The maximum absolute atomic E-state index is 10.1. The molecule has 0 aliphatic rings. The second kappa shape index (κ2) is 5.35. The van der Waals surface area contributed by atoms with E-state index in [-0.39, 0.29) is 6.42 Å². The van der Waals surface area contributed by atoms with Crippen molar-refractivity contribution in [2.45, 2.75) is 13.3 Å². The number of aliphatic carboxylic acids is 1. The number of carboxylic acid groups (broad SMARTS) is 1. The summed E-state index contributed by atoms with van der Waals surface area (Å²) in [6.07, 6.45) is 3.89. The van der Waals surface area contributed by atoms with E-state index in [4.69, 9.17) is 5.11 Å². The highest BCUT2D eigenvalue weighted by Crippen LogP contribution is 2.03. The van der Waals surface area contributed by atoms with Gasteiger partial charge < -0.3 is 5.11 Å². The number of carbonyl (C=O) groups is 1. The Morgan fingerprint density at radius 2 is 2.30 bits per heavy atom. The van der Waals surface area contributed by atoms with E-state index in [0.717, 1.165) is 11.3 Å². The largest absolute Gasteiger partial charge is 0.481 e. The Kier molecular flexibility index (Phi) is 5.12. The summed E-state index contributed by atoms with van der Waals surface area (Å²) in [7, 11) is 0. The maximum atomic E-state index is 10.1. The molecule has 2 nitrogen and oxygen atoms in total. The molecule has 0 rings (SSSR count). The first-order valence-corrected chi connectivity index (χ1v) is 4.42. The van der Waals surface area contributed by atoms with Crippen molar-refractivity contribution in [2.75, 3.05) is 12.0 Å². The summed E-state index contributed by atoms with van der Waals surface area (Å²) in [5.41, 5.74) is 1.13. The first kappa shape index (κ1) is 9.56. The van der Waals surface area contributed by atoms with E-state index in [2.05, 4.69) is 0 Å². The van der Waals surface area contributed by atoms with Gasteiger partial charge >= 0.3 is 5.97 Å². The highest BCUT2D eigenvalue weighted by Gasteiger charge is 1.92. The van der Waals surface area contributed by atoms with Crippen molar-refractivity contribution >= 4 is 17.7 Å². The van der Waals surface area contributed by atoms with Gasteiger partial charge in [-0.15, -0.1) is 0 Å². The molecule has 0 fully saturated rings. The summed E-state index contributed by atoms with van der Waals surface area (Å²) in [5, 5.41) is 8.28. The fraction of sp³-hybridized carbons (Fsp3) is 0.571. The second-order valence-electron chi connectivity index (χ2n) is 2.08. The van der Waals surface area contributed by atoms with E-state index in [1.807, 2.05) is 13.2 Å². The van der Waals surface area contributed by atoms with Crippen LogP contribution in [0.2, 0.25) is 0 Å². The monoisotopic (exact) mass is 160 g/mol. The molecule has 0 atom stereocenters. The SMILES string of the molecule is CSC/C(C)=C/CC(=O)O. The molecular formula is C7H12O2S. The van der Waals surface area contributed by atoms with Gasteiger partial charge in [0.05, 0.1) is 6.42 Å². The summed E-state index contributed by atoms with van der Waals surface area (Å²) in [5.74, 6) is 0.160. The molecule has 0 aliphatic carbocycles. The molecule has 0 radical (unpaired) electrons. The average molecular weight is 160 g/mol. The lowest BCUT2D eigenvalue weighted by molar-refractivity contribution is -0.136. The summed E-state index contributed by atoms with van der Waals surface area (Å²) in [6.45, 7) is 1.94. The highest BCUT2D eigenvalue weighted by atomic mass is 32.2. The summed E-state index contributed by atoms with van der Waals surface area (Å²) < 4.78 is 0. The highest BCUT2D eigenvalue weighted by molar-refractivity contribution is 7.98. The van der Waals surface area contributed by atoms with Crippen LogP contribution in [-0.2, 0) is 4.79 Å². The van der Waals surface area contributed by atoms with Gasteiger partial charge in [0.15, 0.2) is 0 Å². The molecule has 1 N–H and O–H groups in total. The van der Waals surface area contributed by atoms with Crippen LogP contribution in [0.4, 0.5) is 0 Å². The first-order valence-electron chi connectivity index (χ1n) is 3.03. The number of thioether (sulfide) groups is 1. The third-order valence-electron chi connectivity index (χ3n) is 0.997. The lowest BCUT2D eigenvalue weighted by Gasteiger charge is -1.94. The first-order chi connectivity index (χ1) is 4.66. The van der Waals surface area contributed by atoms with Crippen LogP contribution in [-0.4, -0.2) is 23.1 Å². The van der Waals surface area contributed by atoms with Crippen molar-refractivity contribution in [1.82, 2.24) is 0 Å². The molecule has 3 heteroatoms. The van der Waals surface area contributed by atoms with E-state index in [9.17, 15) is 4.79 Å². The zero-order valence-corrected chi connectivity index (χ0v) is 7.07. The molecule has 10 heavy (non-hydrogen) atoms. The molecule has 0 heterocycles. The molecule has 0 aromatic rings. The Balaban J connectivity index is 3.57. The average Bonchev–Trinajstić information content (AvgIpc) is 1.85. The van der Waals surface area contributed by atoms with Gasteiger partial charge in [0.2, 0.25) is 0 Å². The van der Waals surface area contributed by atoms with Crippen molar-refractivity contribution in [3.63, 3.8) is 0 Å². The Morgan fingerprint density at radius 3 is 2.70 bits per heavy atom. The van der Waals surface area contributed by atoms with Crippen LogP contribution in [0.25, 0.3) is 0 Å². The maximum Gasteiger partial charge on any atom is 0.307 e. The predicted molar refractivity (Wildman–Crippen MR) is 44.4 cm³/mol. The molecule has 0 unspecified atom stereocenters. The van der Waals surface area contributed by atoms with Gasteiger partial charge in [-0.25, -0.2) is 0 Å². The molecule has 58 valence electrons. The molecule has 0 aliphatic heterocycles. The van der Waals surface area contributed by atoms with Crippen molar-refractivity contribution in [3.8, 4) is 0 Å². The van der Waals surface area contributed by atoms with Crippen LogP contribution in [0.15, 0.2) is 11.6 Å². The number of carboxylic acids is 1. The number of hydrogen-bond acceptors (Lipinski definition) is 2. The Morgan fingerprint density at radius 1 is 1.70 bits per heavy atom. The zero-order chi connectivity index (χ0) is 7.98. The summed E-state index contributed by atoms with van der Waals surface area (Å²) in [4.78, 5) is 10.1. The van der Waals surface area contributed by atoms with Gasteiger partial charge in [0.25, 0.3) is 0 Å². The van der Waals surface area contributed by atoms with E-state index < -0.39 is 5.97 Å². The minimum absolute atomic E-state index is 0.145. The molecule has 0 saturated carbocycles. The van der Waals surface area contributed by atoms with E-state index in [0.29, 0.717) is 0 Å². The second-order valence-corrected chi connectivity index (χ2v) is 2.95. The van der Waals surface area contributed by atoms with E-state index >= 15 is 0 Å². The molecule has 0 amide bonds. The number of hydrogen-bond donors (Lipinski definition) is 1. The Hall–Kier alpha value is -0.440. The lowest BCUT2D eigenvalue weighted by atomic mass is 10.3. The van der Waals surface area contributed by atoms with Gasteiger partial charge in [-0.3, -0.25) is 4.79 Å². The zero-order valence-electron chi connectivity index (χ0n) is 6.26. The van der Waals surface area contributed by atoms with Crippen molar-refractivity contribution in [3.05, 3.63) is 11.6 Å². The van der Waals surface area contributed by atoms with Crippen LogP contribution in [0.3, 0.4) is 0 Å². The third kappa shape index (κ3) is 5.69. The fourth-order valence-corrected chi connectivity index (χ4v) is 1.12. The Bertz CT molecular complexity index is 141. The lowest BCUT2D eigenvalue weighted by Crippen LogP contribution is -1.92. The summed E-state index contributed by atoms with van der Waals surface area (Å²) in [6, 6.07) is 0. The predicted octanol–water partition coefficient (Wildman–Crippen LogP) is 1.77. The van der Waals surface area contributed by atoms with Crippen LogP contribution in [0.5, 0.6) is 0 Å². The van der Waals surface area contributed by atoms with Crippen LogP contribution in [0, 0.1) is 0 Å². The van der Waals surface area contributed by atoms with Crippen molar-refractivity contribution in [2.24, 2.45) is 0 Å². The molecule has 0 spiro atoms. The molecule has 0 saturated heterocycles. The normalized spacial score (nSPS) is 11.6. The third-order valence-corrected chi connectivity index (χ3v) is 1.74. The smallest absolute Gasteiger partial charge is 0.307 e. The van der Waals surface area contributed by atoms with Gasteiger partial charge in [0.1, 0.15) is 0 Å². The minimum Gasteiger partial charge on any atom is -0.481 e. The summed E-state index contributed by atoms with van der Waals surface area (Å²) >= 11 is 1.70. The fourth-order valence-electron chi connectivity index (χ4n) is 0.548. The quantitative estimate of drug-likeness (QED) is 0.637.